The average molecular weight is 324 g/mol. The predicted octanol–water partition coefficient (Wildman–Crippen LogP) is 4.05. The average Bonchev–Trinajstić information content (AvgIpc) is 2.93. The van der Waals surface area contributed by atoms with E-state index in [1.54, 1.807) is 6.07 Å². The van der Waals surface area contributed by atoms with Gasteiger partial charge in [-0.2, -0.15) is 0 Å². The molecule has 1 aliphatic heterocycles. The summed E-state index contributed by atoms with van der Waals surface area (Å²) in [7, 11) is 0. The number of halogens is 2. The minimum absolute atomic E-state index is 0.307. The number of nitrogens with one attached hydrogen (secondary N) is 1. The van der Waals surface area contributed by atoms with Crippen LogP contribution in [0.1, 0.15) is 11.1 Å². The van der Waals surface area contributed by atoms with E-state index in [2.05, 4.69) is 5.32 Å². The minimum Gasteiger partial charge on any atom is -0.454 e. The fraction of sp³-hybridized carbons (Fsp3) is 0.250. The Bertz CT molecular complexity index is 646. The van der Waals surface area contributed by atoms with Crippen LogP contribution in [0.3, 0.4) is 0 Å². The van der Waals surface area contributed by atoms with E-state index in [1.807, 2.05) is 30.3 Å². The third kappa shape index (κ3) is 3.62. The van der Waals surface area contributed by atoms with Crippen LogP contribution in [0.15, 0.2) is 36.4 Å². The maximum atomic E-state index is 6.15. The van der Waals surface area contributed by atoms with E-state index in [4.69, 9.17) is 32.7 Å². The van der Waals surface area contributed by atoms with Crippen LogP contribution in [0.25, 0.3) is 0 Å². The first kappa shape index (κ1) is 14.5. The summed E-state index contributed by atoms with van der Waals surface area (Å²) in [5.41, 5.74) is 2.26. The van der Waals surface area contributed by atoms with Gasteiger partial charge < -0.3 is 14.8 Å². The molecule has 2 aromatic rings. The van der Waals surface area contributed by atoms with Crippen molar-refractivity contribution in [3.05, 3.63) is 57.6 Å². The van der Waals surface area contributed by atoms with Crippen molar-refractivity contribution in [2.45, 2.75) is 13.0 Å². The fourth-order valence-corrected chi connectivity index (χ4v) is 2.73. The van der Waals surface area contributed by atoms with Gasteiger partial charge >= 0.3 is 0 Å². The Balaban J connectivity index is 1.50. The largest absolute Gasteiger partial charge is 0.454 e. The van der Waals surface area contributed by atoms with E-state index in [-0.39, 0.29) is 0 Å². The van der Waals surface area contributed by atoms with Gasteiger partial charge in [-0.05, 0) is 48.4 Å². The van der Waals surface area contributed by atoms with Crippen LogP contribution >= 0.6 is 23.2 Å². The molecule has 2 aromatic carbocycles. The maximum Gasteiger partial charge on any atom is 0.231 e. The van der Waals surface area contributed by atoms with Crippen molar-refractivity contribution in [1.29, 1.82) is 0 Å². The number of hydrogen-bond donors (Lipinski definition) is 1. The van der Waals surface area contributed by atoms with E-state index in [0.717, 1.165) is 36.6 Å². The van der Waals surface area contributed by atoms with Crippen molar-refractivity contribution in [2.75, 3.05) is 13.3 Å². The summed E-state index contributed by atoms with van der Waals surface area (Å²) in [5.74, 6) is 1.63. The number of benzene rings is 2. The smallest absolute Gasteiger partial charge is 0.231 e. The lowest BCUT2D eigenvalue weighted by atomic mass is 10.1. The van der Waals surface area contributed by atoms with Crippen LogP contribution in [0.2, 0.25) is 10.0 Å². The molecule has 3 nitrogen and oxygen atoms in total. The zero-order valence-electron chi connectivity index (χ0n) is 11.4. The van der Waals surface area contributed by atoms with Crippen LogP contribution in [-0.4, -0.2) is 13.3 Å². The van der Waals surface area contributed by atoms with E-state index in [1.165, 1.54) is 5.56 Å². The van der Waals surface area contributed by atoms with E-state index in [0.29, 0.717) is 16.8 Å². The van der Waals surface area contributed by atoms with Gasteiger partial charge in [0.05, 0.1) is 0 Å². The molecular weight excluding hydrogens is 309 g/mol. The number of fused-ring (bicyclic) bond motifs is 1. The molecule has 0 aliphatic carbocycles. The van der Waals surface area contributed by atoms with Crippen LogP contribution < -0.4 is 14.8 Å². The summed E-state index contributed by atoms with van der Waals surface area (Å²) < 4.78 is 10.7. The molecule has 110 valence electrons. The van der Waals surface area contributed by atoms with Crippen molar-refractivity contribution in [3.63, 3.8) is 0 Å². The van der Waals surface area contributed by atoms with Gasteiger partial charge in [-0.1, -0.05) is 35.3 Å². The number of ether oxygens (including phenoxy) is 2. The van der Waals surface area contributed by atoms with Crippen molar-refractivity contribution < 1.29 is 9.47 Å². The highest BCUT2D eigenvalue weighted by Gasteiger charge is 2.12. The lowest BCUT2D eigenvalue weighted by Gasteiger charge is -2.07. The molecule has 0 bridgehead atoms. The number of rotatable bonds is 5. The van der Waals surface area contributed by atoms with E-state index >= 15 is 0 Å². The monoisotopic (exact) mass is 323 g/mol. The Morgan fingerprint density at radius 1 is 1.00 bits per heavy atom. The molecule has 0 saturated heterocycles. The molecular formula is C16H15Cl2NO2. The number of hydrogen-bond acceptors (Lipinski definition) is 3. The van der Waals surface area contributed by atoms with Crippen molar-refractivity contribution in [2.24, 2.45) is 0 Å². The summed E-state index contributed by atoms with van der Waals surface area (Å²) in [6.45, 7) is 1.93. The summed E-state index contributed by atoms with van der Waals surface area (Å²) in [5, 5.41) is 4.77. The highest BCUT2D eigenvalue weighted by molar-refractivity contribution is 6.35. The summed E-state index contributed by atoms with van der Waals surface area (Å²) in [6, 6.07) is 11.6. The second-order valence-corrected chi connectivity index (χ2v) is 5.69. The van der Waals surface area contributed by atoms with E-state index < -0.39 is 0 Å². The van der Waals surface area contributed by atoms with Crippen molar-refractivity contribution in [1.82, 2.24) is 5.32 Å². The molecule has 0 fully saturated rings. The van der Waals surface area contributed by atoms with Gasteiger partial charge in [-0.3, -0.25) is 0 Å². The van der Waals surface area contributed by atoms with Crippen LogP contribution in [0.5, 0.6) is 11.5 Å². The highest BCUT2D eigenvalue weighted by Crippen LogP contribution is 2.32. The van der Waals surface area contributed by atoms with Crippen molar-refractivity contribution >= 4 is 23.2 Å². The molecule has 1 heterocycles. The summed E-state index contributed by atoms with van der Waals surface area (Å²) in [6.07, 6.45) is 0.862. The first-order valence-electron chi connectivity index (χ1n) is 6.75. The van der Waals surface area contributed by atoms with Crippen LogP contribution in [-0.2, 0) is 13.0 Å². The molecule has 5 heteroatoms. The third-order valence-corrected chi connectivity index (χ3v) is 3.94. The Kier molecular flexibility index (Phi) is 4.54. The van der Waals surface area contributed by atoms with Crippen LogP contribution in [0.4, 0.5) is 0 Å². The predicted molar refractivity (Wildman–Crippen MR) is 84.4 cm³/mol. The fourth-order valence-electron chi connectivity index (χ4n) is 2.23. The first-order valence-corrected chi connectivity index (χ1v) is 7.51. The molecule has 0 amide bonds. The minimum atomic E-state index is 0.307. The quantitative estimate of drug-likeness (QED) is 0.842. The lowest BCUT2D eigenvalue weighted by Crippen LogP contribution is -2.16. The molecule has 0 saturated carbocycles. The first-order chi connectivity index (χ1) is 10.2. The van der Waals surface area contributed by atoms with Crippen molar-refractivity contribution in [3.8, 4) is 11.5 Å². The van der Waals surface area contributed by atoms with Gasteiger partial charge in [0, 0.05) is 16.6 Å². The second-order valence-electron chi connectivity index (χ2n) is 4.85. The Labute approximate surface area is 133 Å². The molecule has 0 unspecified atom stereocenters. The molecule has 0 radical (unpaired) electrons. The second kappa shape index (κ2) is 6.56. The molecule has 0 spiro atoms. The van der Waals surface area contributed by atoms with Gasteiger partial charge in [0.15, 0.2) is 11.5 Å². The van der Waals surface area contributed by atoms with Gasteiger partial charge in [0.2, 0.25) is 6.79 Å². The van der Waals surface area contributed by atoms with E-state index in [9.17, 15) is 0 Å². The topological polar surface area (TPSA) is 30.5 Å². The van der Waals surface area contributed by atoms with Gasteiger partial charge in [0.1, 0.15) is 0 Å². The molecule has 0 aromatic heterocycles. The lowest BCUT2D eigenvalue weighted by molar-refractivity contribution is 0.174. The molecule has 21 heavy (non-hydrogen) atoms. The van der Waals surface area contributed by atoms with Crippen LogP contribution in [0, 0.1) is 0 Å². The Morgan fingerprint density at radius 2 is 1.86 bits per heavy atom. The Morgan fingerprint density at radius 3 is 2.71 bits per heavy atom. The molecule has 1 aliphatic rings. The summed E-state index contributed by atoms with van der Waals surface area (Å²) >= 11 is 12.0. The normalized spacial score (nSPS) is 12.7. The zero-order chi connectivity index (χ0) is 14.7. The standard InChI is InChI=1S/C16H15Cl2NO2/c17-13-3-2-12(14(18)8-13)5-6-19-9-11-1-4-15-16(7-11)21-10-20-15/h1-4,7-8,19H,5-6,9-10H2. The van der Waals surface area contributed by atoms with Gasteiger partial charge in [-0.15, -0.1) is 0 Å². The Hall–Kier alpha value is -1.42. The SMILES string of the molecule is Clc1ccc(CCNCc2ccc3c(c2)OCO3)c(Cl)c1. The van der Waals surface area contributed by atoms with Gasteiger partial charge in [0.25, 0.3) is 0 Å². The van der Waals surface area contributed by atoms with Gasteiger partial charge in [-0.25, -0.2) is 0 Å². The third-order valence-electron chi connectivity index (χ3n) is 3.35. The molecule has 3 rings (SSSR count). The molecule has 0 atom stereocenters. The zero-order valence-corrected chi connectivity index (χ0v) is 12.9. The molecule has 1 N–H and O–H groups in total. The maximum absolute atomic E-state index is 6.15. The highest BCUT2D eigenvalue weighted by atomic mass is 35.5. The summed E-state index contributed by atoms with van der Waals surface area (Å²) in [4.78, 5) is 0.